The highest BCUT2D eigenvalue weighted by Crippen LogP contribution is 2.20. The molecule has 0 bridgehead atoms. The van der Waals surface area contributed by atoms with Crippen LogP contribution in [0.3, 0.4) is 0 Å². The van der Waals surface area contributed by atoms with E-state index in [0.29, 0.717) is 34.4 Å². The topological polar surface area (TPSA) is 117 Å². The van der Waals surface area contributed by atoms with Crippen LogP contribution in [-0.2, 0) is 12.2 Å². The molecule has 8 heteroatoms. The second-order valence-corrected chi connectivity index (χ2v) is 5.43. The second kappa shape index (κ2) is 5.87. The van der Waals surface area contributed by atoms with Gasteiger partial charge in [-0.1, -0.05) is 30.8 Å². The standard InChI is InChI=1S/C11H16N6OS/c1-6(2)3-9-16-10(18-17-9)5-19-11-14-7(12)4-8(13)15-11/h4,6H,3,5H2,1-2H3,(H4,12,13,14,15). The van der Waals surface area contributed by atoms with Crippen LogP contribution >= 0.6 is 11.8 Å². The zero-order valence-corrected chi connectivity index (χ0v) is 11.6. The molecule has 0 spiro atoms. The highest BCUT2D eigenvalue weighted by Gasteiger charge is 2.10. The Balaban J connectivity index is 1.96. The smallest absolute Gasteiger partial charge is 0.237 e. The molecule has 0 unspecified atom stereocenters. The quantitative estimate of drug-likeness (QED) is 0.625. The van der Waals surface area contributed by atoms with E-state index in [2.05, 4.69) is 34.0 Å². The molecule has 0 saturated heterocycles. The lowest BCUT2D eigenvalue weighted by atomic mass is 10.1. The Bertz CT molecular complexity index is 536. The molecule has 0 saturated carbocycles. The van der Waals surface area contributed by atoms with E-state index in [1.807, 2.05) is 0 Å². The van der Waals surface area contributed by atoms with Crippen LogP contribution in [0.1, 0.15) is 25.6 Å². The maximum atomic E-state index is 5.59. The Morgan fingerprint density at radius 1 is 1.21 bits per heavy atom. The fourth-order valence-corrected chi connectivity index (χ4v) is 2.16. The van der Waals surface area contributed by atoms with Crippen LogP contribution in [0.15, 0.2) is 15.7 Å². The third kappa shape index (κ3) is 4.09. The molecule has 2 aromatic rings. The summed E-state index contributed by atoms with van der Waals surface area (Å²) >= 11 is 1.36. The van der Waals surface area contributed by atoms with Gasteiger partial charge in [0, 0.05) is 12.5 Å². The third-order valence-corrected chi connectivity index (χ3v) is 3.00. The van der Waals surface area contributed by atoms with E-state index in [1.165, 1.54) is 17.8 Å². The Morgan fingerprint density at radius 2 is 1.89 bits per heavy atom. The zero-order chi connectivity index (χ0) is 13.8. The molecule has 19 heavy (non-hydrogen) atoms. The van der Waals surface area contributed by atoms with E-state index in [9.17, 15) is 0 Å². The number of rotatable bonds is 5. The van der Waals surface area contributed by atoms with Crippen LogP contribution in [0.4, 0.5) is 11.6 Å². The first-order chi connectivity index (χ1) is 9.02. The number of hydrogen-bond donors (Lipinski definition) is 2. The summed E-state index contributed by atoms with van der Waals surface area (Å²) in [6.45, 7) is 4.21. The first-order valence-corrected chi connectivity index (χ1v) is 6.86. The van der Waals surface area contributed by atoms with Crippen molar-refractivity contribution in [2.75, 3.05) is 11.5 Å². The maximum Gasteiger partial charge on any atom is 0.237 e. The Labute approximate surface area is 115 Å². The van der Waals surface area contributed by atoms with Gasteiger partial charge in [0.2, 0.25) is 5.89 Å². The molecule has 2 heterocycles. The minimum Gasteiger partial charge on any atom is -0.383 e. The minimum atomic E-state index is 0.348. The summed E-state index contributed by atoms with van der Waals surface area (Å²) in [5.74, 6) is 2.95. The van der Waals surface area contributed by atoms with E-state index in [1.54, 1.807) is 0 Å². The summed E-state index contributed by atoms with van der Waals surface area (Å²) in [6, 6.07) is 1.51. The fourth-order valence-electron chi connectivity index (χ4n) is 1.45. The summed E-state index contributed by atoms with van der Waals surface area (Å²) in [4.78, 5) is 12.4. The predicted molar refractivity (Wildman–Crippen MR) is 73.3 cm³/mol. The molecular formula is C11H16N6OS. The molecule has 0 radical (unpaired) electrons. The first-order valence-electron chi connectivity index (χ1n) is 5.87. The Kier molecular flexibility index (Phi) is 4.20. The van der Waals surface area contributed by atoms with E-state index >= 15 is 0 Å². The summed E-state index contributed by atoms with van der Waals surface area (Å²) in [7, 11) is 0. The molecule has 0 aromatic carbocycles. The lowest BCUT2D eigenvalue weighted by Crippen LogP contribution is -1.99. The molecule has 0 aliphatic carbocycles. The number of nitrogens with two attached hydrogens (primary N) is 2. The van der Waals surface area contributed by atoms with Crippen molar-refractivity contribution in [3.63, 3.8) is 0 Å². The molecule has 7 nitrogen and oxygen atoms in total. The number of nitrogen functional groups attached to an aromatic ring is 2. The van der Waals surface area contributed by atoms with Crippen molar-refractivity contribution in [1.29, 1.82) is 0 Å². The van der Waals surface area contributed by atoms with E-state index in [-0.39, 0.29) is 0 Å². The van der Waals surface area contributed by atoms with Gasteiger partial charge in [-0.25, -0.2) is 9.97 Å². The highest BCUT2D eigenvalue weighted by molar-refractivity contribution is 7.98. The molecule has 0 amide bonds. The first kappa shape index (κ1) is 13.6. The number of hydrogen-bond acceptors (Lipinski definition) is 8. The average Bonchev–Trinajstić information content (AvgIpc) is 2.72. The zero-order valence-electron chi connectivity index (χ0n) is 10.8. The van der Waals surface area contributed by atoms with E-state index < -0.39 is 0 Å². The number of aromatic nitrogens is 4. The monoisotopic (exact) mass is 280 g/mol. The summed E-state index contributed by atoms with van der Waals surface area (Å²) in [6.07, 6.45) is 0.801. The molecular weight excluding hydrogens is 264 g/mol. The molecule has 2 rings (SSSR count). The fraction of sp³-hybridized carbons (Fsp3) is 0.455. The van der Waals surface area contributed by atoms with Gasteiger partial charge in [0.25, 0.3) is 0 Å². The van der Waals surface area contributed by atoms with Gasteiger partial charge >= 0.3 is 0 Å². The summed E-state index contributed by atoms with van der Waals surface area (Å²) in [5, 5.41) is 4.42. The number of thioether (sulfide) groups is 1. The van der Waals surface area contributed by atoms with Gasteiger partial charge in [0.05, 0.1) is 5.75 Å². The van der Waals surface area contributed by atoms with Crippen LogP contribution in [0.2, 0.25) is 0 Å². The molecule has 102 valence electrons. The van der Waals surface area contributed by atoms with Crippen LogP contribution in [0.5, 0.6) is 0 Å². The SMILES string of the molecule is CC(C)Cc1noc(CSc2nc(N)cc(N)n2)n1. The highest BCUT2D eigenvalue weighted by atomic mass is 32.2. The van der Waals surface area contributed by atoms with Crippen molar-refractivity contribution in [1.82, 2.24) is 20.1 Å². The van der Waals surface area contributed by atoms with Gasteiger partial charge in [0.15, 0.2) is 11.0 Å². The van der Waals surface area contributed by atoms with Crippen molar-refractivity contribution >= 4 is 23.4 Å². The van der Waals surface area contributed by atoms with Crippen molar-refractivity contribution < 1.29 is 4.52 Å². The number of nitrogens with zero attached hydrogens (tertiary/aromatic N) is 4. The van der Waals surface area contributed by atoms with Crippen molar-refractivity contribution in [3.05, 3.63) is 17.8 Å². The lowest BCUT2D eigenvalue weighted by molar-refractivity contribution is 0.382. The molecule has 0 aliphatic rings. The third-order valence-electron chi connectivity index (χ3n) is 2.17. The van der Waals surface area contributed by atoms with Crippen molar-refractivity contribution in [3.8, 4) is 0 Å². The molecule has 2 aromatic heterocycles. The minimum absolute atomic E-state index is 0.348. The molecule has 0 atom stereocenters. The van der Waals surface area contributed by atoms with Crippen LogP contribution in [-0.4, -0.2) is 20.1 Å². The number of anilines is 2. The summed E-state index contributed by atoms with van der Waals surface area (Å²) in [5.41, 5.74) is 11.2. The van der Waals surface area contributed by atoms with Crippen molar-refractivity contribution in [2.24, 2.45) is 5.92 Å². The molecule has 0 aliphatic heterocycles. The van der Waals surface area contributed by atoms with Crippen molar-refractivity contribution in [2.45, 2.75) is 31.2 Å². The van der Waals surface area contributed by atoms with Crippen LogP contribution in [0, 0.1) is 5.92 Å². The largest absolute Gasteiger partial charge is 0.383 e. The van der Waals surface area contributed by atoms with Gasteiger partial charge in [-0.2, -0.15) is 4.98 Å². The van der Waals surface area contributed by atoms with Gasteiger partial charge in [-0.3, -0.25) is 0 Å². The van der Waals surface area contributed by atoms with Gasteiger partial charge < -0.3 is 16.0 Å². The van der Waals surface area contributed by atoms with Gasteiger partial charge in [0.1, 0.15) is 11.6 Å². The molecule has 4 N–H and O–H groups in total. The van der Waals surface area contributed by atoms with Gasteiger partial charge in [-0.05, 0) is 5.92 Å². The Hall–Kier alpha value is -1.83. The normalized spacial score (nSPS) is 11.1. The molecule has 0 fully saturated rings. The van der Waals surface area contributed by atoms with E-state index in [4.69, 9.17) is 16.0 Å². The summed E-state index contributed by atoms with van der Waals surface area (Å²) < 4.78 is 5.15. The predicted octanol–water partition coefficient (Wildman–Crippen LogP) is 1.51. The average molecular weight is 280 g/mol. The Morgan fingerprint density at radius 3 is 2.53 bits per heavy atom. The second-order valence-electron chi connectivity index (χ2n) is 4.49. The van der Waals surface area contributed by atoms with Gasteiger partial charge in [-0.15, -0.1) is 0 Å². The van der Waals surface area contributed by atoms with Crippen LogP contribution in [0.25, 0.3) is 0 Å². The lowest BCUT2D eigenvalue weighted by Gasteiger charge is -2.00. The maximum absolute atomic E-state index is 5.59. The van der Waals surface area contributed by atoms with E-state index in [0.717, 1.165) is 12.2 Å². The van der Waals surface area contributed by atoms with Crippen LogP contribution < -0.4 is 11.5 Å².